The molecule has 0 aliphatic carbocycles. The molecule has 5 nitrogen and oxygen atoms in total. The number of nitrogens with zero attached hydrogens (tertiary/aromatic N) is 2. The van der Waals surface area contributed by atoms with Crippen molar-refractivity contribution in [2.75, 3.05) is 25.1 Å². The van der Waals surface area contributed by atoms with Crippen molar-refractivity contribution in [1.29, 1.82) is 0 Å². The van der Waals surface area contributed by atoms with E-state index in [1.165, 1.54) is 4.90 Å². The number of hydrogen-bond donors (Lipinski definition) is 0. The van der Waals surface area contributed by atoms with Crippen LogP contribution in [0.25, 0.3) is 0 Å². The summed E-state index contributed by atoms with van der Waals surface area (Å²) in [5, 5.41) is 0. The molecule has 0 spiro atoms. The largest absolute Gasteiger partial charge is 0.495 e. The SMILES string of the molecule is COc1ccc(C)cc1N1CCN(Cc2ccccc2)C(=O)C1=O. The van der Waals surface area contributed by atoms with Crippen LogP contribution in [0.2, 0.25) is 0 Å². The number of amides is 2. The van der Waals surface area contributed by atoms with Crippen molar-refractivity contribution in [3.8, 4) is 5.75 Å². The average Bonchev–Trinajstić information content (AvgIpc) is 2.60. The fraction of sp³-hybridized carbons (Fsp3) is 0.263. The zero-order chi connectivity index (χ0) is 17.1. The van der Waals surface area contributed by atoms with Crippen LogP contribution in [0.5, 0.6) is 5.75 Å². The Morgan fingerprint density at radius 2 is 1.75 bits per heavy atom. The van der Waals surface area contributed by atoms with Crippen LogP contribution in [-0.2, 0) is 16.1 Å². The Hall–Kier alpha value is -2.82. The molecular weight excluding hydrogens is 304 g/mol. The topological polar surface area (TPSA) is 49.9 Å². The number of piperazine rings is 1. The summed E-state index contributed by atoms with van der Waals surface area (Å²) in [7, 11) is 1.56. The van der Waals surface area contributed by atoms with Crippen LogP contribution in [0.3, 0.4) is 0 Å². The molecule has 2 aromatic rings. The van der Waals surface area contributed by atoms with Crippen molar-refractivity contribution in [2.45, 2.75) is 13.5 Å². The van der Waals surface area contributed by atoms with Crippen LogP contribution in [0.15, 0.2) is 48.5 Å². The van der Waals surface area contributed by atoms with Crippen LogP contribution < -0.4 is 9.64 Å². The second kappa shape index (κ2) is 6.74. The minimum atomic E-state index is -0.513. The number of benzene rings is 2. The number of methoxy groups -OCH3 is 1. The molecule has 0 unspecified atom stereocenters. The van der Waals surface area contributed by atoms with Gasteiger partial charge in [0.25, 0.3) is 0 Å². The van der Waals surface area contributed by atoms with E-state index in [0.717, 1.165) is 11.1 Å². The predicted molar refractivity (Wildman–Crippen MR) is 91.9 cm³/mol. The van der Waals surface area contributed by atoms with Crippen molar-refractivity contribution in [3.63, 3.8) is 0 Å². The molecule has 24 heavy (non-hydrogen) atoms. The highest BCUT2D eigenvalue weighted by Gasteiger charge is 2.34. The molecule has 1 fully saturated rings. The molecule has 1 saturated heterocycles. The summed E-state index contributed by atoms with van der Waals surface area (Å²) in [6, 6.07) is 15.3. The van der Waals surface area contributed by atoms with Gasteiger partial charge < -0.3 is 9.64 Å². The van der Waals surface area contributed by atoms with Crippen molar-refractivity contribution in [3.05, 3.63) is 59.7 Å². The molecule has 2 amide bonds. The van der Waals surface area contributed by atoms with Gasteiger partial charge in [0.15, 0.2) is 0 Å². The highest BCUT2D eigenvalue weighted by atomic mass is 16.5. The molecule has 5 heteroatoms. The number of hydrogen-bond acceptors (Lipinski definition) is 3. The zero-order valence-corrected chi connectivity index (χ0v) is 13.9. The number of anilines is 1. The Labute approximate surface area is 141 Å². The molecule has 1 aliphatic heterocycles. The maximum Gasteiger partial charge on any atom is 0.316 e. The molecule has 0 N–H and O–H groups in total. The first-order valence-corrected chi connectivity index (χ1v) is 7.89. The second-order valence-corrected chi connectivity index (χ2v) is 5.84. The van der Waals surface area contributed by atoms with Gasteiger partial charge in [-0.1, -0.05) is 36.4 Å². The van der Waals surface area contributed by atoms with Crippen LogP contribution in [-0.4, -0.2) is 36.9 Å². The molecule has 2 aromatic carbocycles. The van der Waals surface area contributed by atoms with Gasteiger partial charge in [-0.3, -0.25) is 14.5 Å². The van der Waals surface area contributed by atoms with Gasteiger partial charge in [0.05, 0.1) is 12.8 Å². The Balaban J connectivity index is 1.80. The number of carbonyl (C=O) groups excluding carboxylic acids is 2. The fourth-order valence-electron chi connectivity index (χ4n) is 2.87. The summed E-state index contributed by atoms with van der Waals surface area (Å²) in [6.45, 7) is 3.35. The Morgan fingerprint density at radius 1 is 1.00 bits per heavy atom. The standard InChI is InChI=1S/C19H20N2O3/c1-14-8-9-17(24-2)16(12-14)21-11-10-20(18(22)19(21)23)13-15-6-4-3-5-7-15/h3-9,12H,10-11,13H2,1-2H3. The number of ether oxygens (including phenoxy) is 1. The fourth-order valence-corrected chi connectivity index (χ4v) is 2.87. The second-order valence-electron chi connectivity index (χ2n) is 5.84. The third-order valence-electron chi connectivity index (χ3n) is 4.15. The molecule has 0 saturated carbocycles. The average molecular weight is 324 g/mol. The summed E-state index contributed by atoms with van der Waals surface area (Å²) < 4.78 is 5.34. The minimum Gasteiger partial charge on any atom is -0.495 e. The lowest BCUT2D eigenvalue weighted by Crippen LogP contribution is -2.54. The third kappa shape index (κ3) is 3.11. The van der Waals surface area contributed by atoms with E-state index < -0.39 is 11.8 Å². The van der Waals surface area contributed by atoms with E-state index in [9.17, 15) is 9.59 Å². The first kappa shape index (κ1) is 16.1. The summed E-state index contributed by atoms with van der Waals surface area (Å²) in [4.78, 5) is 28.2. The van der Waals surface area contributed by atoms with E-state index >= 15 is 0 Å². The number of rotatable bonds is 4. The molecule has 0 radical (unpaired) electrons. The number of carbonyl (C=O) groups is 2. The normalized spacial score (nSPS) is 14.9. The molecule has 1 aliphatic rings. The Kier molecular flexibility index (Phi) is 4.51. The minimum absolute atomic E-state index is 0.449. The van der Waals surface area contributed by atoms with Gasteiger partial charge in [0.2, 0.25) is 0 Å². The summed E-state index contributed by atoms with van der Waals surface area (Å²) in [6.07, 6.45) is 0. The van der Waals surface area contributed by atoms with Crippen LogP contribution in [0, 0.1) is 6.92 Å². The van der Waals surface area contributed by atoms with Gasteiger partial charge in [0, 0.05) is 19.6 Å². The lowest BCUT2D eigenvalue weighted by atomic mass is 10.1. The molecule has 0 bridgehead atoms. The van der Waals surface area contributed by atoms with Crippen molar-refractivity contribution < 1.29 is 14.3 Å². The molecule has 1 heterocycles. The van der Waals surface area contributed by atoms with E-state index in [4.69, 9.17) is 4.74 Å². The van der Waals surface area contributed by atoms with Gasteiger partial charge in [0.1, 0.15) is 5.75 Å². The summed E-state index contributed by atoms with van der Waals surface area (Å²) >= 11 is 0. The molecule has 0 atom stereocenters. The maximum absolute atomic E-state index is 12.6. The molecular formula is C19H20N2O3. The van der Waals surface area contributed by atoms with Crippen molar-refractivity contribution in [1.82, 2.24) is 4.90 Å². The molecule has 0 aromatic heterocycles. The van der Waals surface area contributed by atoms with Gasteiger partial charge >= 0.3 is 11.8 Å². The van der Waals surface area contributed by atoms with E-state index in [1.54, 1.807) is 12.0 Å². The Bertz CT molecular complexity index is 758. The van der Waals surface area contributed by atoms with E-state index in [-0.39, 0.29) is 0 Å². The van der Waals surface area contributed by atoms with E-state index in [2.05, 4.69) is 0 Å². The first-order valence-electron chi connectivity index (χ1n) is 7.89. The lowest BCUT2D eigenvalue weighted by molar-refractivity contribution is -0.146. The molecule has 3 rings (SSSR count). The summed E-state index contributed by atoms with van der Waals surface area (Å²) in [5.41, 5.74) is 2.67. The summed E-state index contributed by atoms with van der Waals surface area (Å²) in [5.74, 6) is -0.395. The highest BCUT2D eigenvalue weighted by Crippen LogP contribution is 2.30. The Morgan fingerprint density at radius 3 is 2.46 bits per heavy atom. The lowest BCUT2D eigenvalue weighted by Gasteiger charge is -2.34. The predicted octanol–water partition coefficient (Wildman–Crippen LogP) is 2.38. The first-order chi connectivity index (χ1) is 11.6. The van der Waals surface area contributed by atoms with E-state index in [0.29, 0.717) is 31.1 Å². The van der Waals surface area contributed by atoms with Gasteiger partial charge in [-0.25, -0.2) is 0 Å². The van der Waals surface area contributed by atoms with Crippen LogP contribution in [0.4, 0.5) is 5.69 Å². The van der Waals surface area contributed by atoms with E-state index in [1.807, 2.05) is 55.5 Å². The maximum atomic E-state index is 12.6. The number of aryl methyl sites for hydroxylation is 1. The highest BCUT2D eigenvalue weighted by molar-refractivity contribution is 6.41. The van der Waals surface area contributed by atoms with Crippen LogP contribution in [0.1, 0.15) is 11.1 Å². The van der Waals surface area contributed by atoms with Gasteiger partial charge in [-0.15, -0.1) is 0 Å². The van der Waals surface area contributed by atoms with Crippen LogP contribution >= 0.6 is 0 Å². The van der Waals surface area contributed by atoms with Gasteiger partial charge in [-0.05, 0) is 30.2 Å². The smallest absolute Gasteiger partial charge is 0.316 e. The van der Waals surface area contributed by atoms with Gasteiger partial charge in [-0.2, -0.15) is 0 Å². The zero-order valence-electron chi connectivity index (χ0n) is 13.9. The van der Waals surface area contributed by atoms with Crippen molar-refractivity contribution in [2.24, 2.45) is 0 Å². The van der Waals surface area contributed by atoms with Crippen molar-refractivity contribution >= 4 is 17.5 Å². The third-order valence-corrected chi connectivity index (χ3v) is 4.15. The molecule has 124 valence electrons. The quantitative estimate of drug-likeness (QED) is 0.811. The monoisotopic (exact) mass is 324 g/mol.